The summed E-state index contributed by atoms with van der Waals surface area (Å²) in [6, 6.07) is 16.6. The van der Waals surface area contributed by atoms with Crippen molar-refractivity contribution in [1.29, 1.82) is 5.26 Å². The molecule has 0 fully saturated rings. The van der Waals surface area contributed by atoms with Crippen LogP contribution in [0.5, 0.6) is 0 Å². The van der Waals surface area contributed by atoms with Gasteiger partial charge in [-0.25, -0.2) is 18.5 Å². The summed E-state index contributed by atoms with van der Waals surface area (Å²) in [5.74, 6) is 0.0789. The number of primary sulfonamides is 1. The first kappa shape index (κ1) is 20.0. The summed E-state index contributed by atoms with van der Waals surface area (Å²) < 4.78 is 24.0. The maximum absolute atomic E-state index is 11.4. The lowest BCUT2D eigenvalue weighted by molar-refractivity contribution is 0.598. The van der Waals surface area contributed by atoms with E-state index in [1.807, 2.05) is 18.2 Å². The number of nitrogen functional groups attached to an aromatic ring is 2. The molecule has 0 amide bonds. The molecule has 0 radical (unpaired) electrons. The third-order valence-electron chi connectivity index (χ3n) is 4.39. The highest BCUT2D eigenvalue weighted by Crippen LogP contribution is 2.34. The second kappa shape index (κ2) is 7.48. The Bertz CT molecular complexity index is 1470. The van der Waals surface area contributed by atoms with Gasteiger partial charge in [-0.2, -0.15) is 14.9 Å². The second-order valence-corrected chi connectivity index (χ2v) is 7.97. The molecule has 11 nitrogen and oxygen atoms in total. The standard InChI is InChI=1S/C19H15N9O2S/c20-10-14-15(11-4-2-1-3-5-11)24-19-16(17(21)27-28(19)18(14)22)26-25-12-6-8-13(9-7-12)31(23,29)30/h1-9H,22H2,(H2,21,27)(H2,23,29,30). The Morgan fingerprint density at radius 1 is 1.00 bits per heavy atom. The van der Waals surface area contributed by atoms with Crippen molar-refractivity contribution in [3.63, 3.8) is 0 Å². The lowest BCUT2D eigenvalue weighted by Gasteiger charge is -2.08. The third kappa shape index (κ3) is 3.66. The van der Waals surface area contributed by atoms with Crippen LogP contribution >= 0.6 is 0 Å². The van der Waals surface area contributed by atoms with Gasteiger partial charge in [-0.15, -0.1) is 10.2 Å². The topological polar surface area (TPSA) is 191 Å². The van der Waals surface area contributed by atoms with Gasteiger partial charge in [0.1, 0.15) is 17.5 Å². The van der Waals surface area contributed by atoms with Crippen molar-refractivity contribution in [2.24, 2.45) is 15.4 Å². The van der Waals surface area contributed by atoms with Gasteiger partial charge in [-0.3, -0.25) is 0 Å². The molecule has 0 aliphatic carbocycles. The van der Waals surface area contributed by atoms with Crippen molar-refractivity contribution in [2.75, 3.05) is 11.5 Å². The highest BCUT2D eigenvalue weighted by molar-refractivity contribution is 7.89. The van der Waals surface area contributed by atoms with Crippen LogP contribution in [0.25, 0.3) is 16.9 Å². The Morgan fingerprint density at radius 2 is 1.68 bits per heavy atom. The summed E-state index contributed by atoms with van der Waals surface area (Å²) >= 11 is 0. The van der Waals surface area contributed by atoms with Gasteiger partial charge in [0.05, 0.1) is 16.3 Å². The number of azo groups is 1. The van der Waals surface area contributed by atoms with Crippen LogP contribution in [-0.2, 0) is 10.0 Å². The largest absolute Gasteiger partial charge is 0.382 e. The van der Waals surface area contributed by atoms with Gasteiger partial charge >= 0.3 is 0 Å². The minimum absolute atomic E-state index is 0.0122. The molecule has 0 atom stereocenters. The summed E-state index contributed by atoms with van der Waals surface area (Å²) in [5.41, 5.74) is 14.1. The van der Waals surface area contributed by atoms with Gasteiger partial charge in [-0.1, -0.05) is 30.3 Å². The Hall–Kier alpha value is -4.34. The van der Waals surface area contributed by atoms with E-state index in [0.717, 1.165) is 0 Å². The fourth-order valence-corrected chi connectivity index (χ4v) is 3.41. The quantitative estimate of drug-likeness (QED) is 0.411. The van der Waals surface area contributed by atoms with Crippen LogP contribution in [0.2, 0.25) is 0 Å². The first-order valence-electron chi connectivity index (χ1n) is 8.77. The van der Waals surface area contributed by atoms with Crippen LogP contribution in [0.1, 0.15) is 5.56 Å². The molecule has 4 rings (SSSR count). The van der Waals surface area contributed by atoms with E-state index in [-0.39, 0.29) is 33.4 Å². The molecule has 2 aromatic carbocycles. The first-order chi connectivity index (χ1) is 14.8. The van der Waals surface area contributed by atoms with E-state index in [1.165, 1.54) is 28.8 Å². The Morgan fingerprint density at radius 3 is 2.29 bits per heavy atom. The first-order valence-corrected chi connectivity index (χ1v) is 10.3. The van der Waals surface area contributed by atoms with E-state index in [9.17, 15) is 13.7 Å². The van der Waals surface area contributed by atoms with Crippen LogP contribution in [0.3, 0.4) is 0 Å². The zero-order valence-corrected chi connectivity index (χ0v) is 16.7. The average Bonchev–Trinajstić information content (AvgIpc) is 3.08. The predicted octanol–water partition coefficient (Wildman–Crippen LogP) is 2.50. The van der Waals surface area contributed by atoms with Crippen molar-refractivity contribution in [3.05, 3.63) is 60.2 Å². The molecule has 2 aromatic heterocycles. The van der Waals surface area contributed by atoms with Crippen molar-refractivity contribution >= 4 is 38.7 Å². The molecule has 0 aliphatic rings. The molecule has 0 aliphatic heterocycles. The molecule has 0 spiro atoms. The summed E-state index contributed by atoms with van der Waals surface area (Å²) in [6.45, 7) is 0. The monoisotopic (exact) mass is 433 g/mol. The Labute approximate surface area is 176 Å². The van der Waals surface area contributed by atoms with Gasteiger partial charge < -0.3 is 11.5 Å². The average molecular weight is 433 g/mol. The van der Waals surface area contributed by atoms with Gasteiger partial charge in [0.15, 0.2) is 17.2 Å². The number of sulfonamides is 1. The lowest BCUT2D eigenvalue weighted by atomic mass is 10.1. The maximum Gasteiger partial charge on any atom is 0.238 e. The predicted molar refractivity (Wildman–Crippen MR) is 114 cm³/mol. The van der Waals surface area contributed by atoms with Gasteiger partial charge in [0, 0.05) is 5.56 Å². The molecule has 0 saturated heterocycles. The summed E-state index contributed by atoms with van der Waals surface area (Å²) in [6.07, 6.45) is 0. The molecule has 154 valence electrons. The molecule has 31 heavy (non-hydrogen) atoms. The maximum atomic E-state index is 11.4. The van der Waals surface area contributed by atoms with Crippen LogP contribution in [0.4, 0.5) is 23.0 Å². The fraction of sp³-hybridized carbons (Fsp3) is 0. The number of nitrogens with two attached hydrogens (primary N) is 3. The highest BCUT2D eigenvalue weighted by Gasteiger charge is 2.20. The zero-order chi connectivity index (χ0) is 22.2. The Kier molecular flexibility index (Phi) is 4.82. The number of nitrogens with zero attached hydrogens (tertiary/aromatic N) is 6. The minimum atomic E-state index is -3.81. The Balaban J connectivity index is 1.84. The van der Waals surface area contributed by atoms with E-state index in [4.69, 9.17) is 16.6 Å². The smallest absolute Gasteiger partial charge is 0.238 e. The number of aromatic nitrogens is 3. The number of fused-ring (bicyclic) bond motifs is 1. The molecule has 2 heterocycles. The summed E-state index contributed by atoms with van der Waals surface area (Å²) in [7, 11) is -3.81. The van der Waals surface area contributed by atoms with Crippen LogP contribution in [-0.4, -0.2) is 23.0 Å². The number of hydrogen-bond donors (Lipinski definition) is 3. The van der Waals surface area contributed by atoms with Crippen molar-refractivity contribution in [3.8, 4) is 17.3 Å². The molecule has 0 bridgehead atoms. The molecular formula is C19H15N9O2S. The number of nitriles is 1. The minimum Gasteiger partial charge on any atom is -0.382 e. The third-order valence-corrected chi connectivity index (χ3v) is 5.32. The fourth-order valence-electron chi connectivity index (χ4n) is 2.90. The molecular weight excluding hydrogens is 418 g/mol. The van der Waals surface area contributed by atoms with Crippen LogP contribution in [0, 0.1) is 11.3 Å². The summed E-state index contributed by atoms with van der Waals surface area (Å²) in [4.78, 5) is 4.48. The van der Waals surface area contributed by atoms with E-state index in [0.29, 0.717) is 16.9 Å². The number of benzene rings is 2. The van der Waals surface area contributed by atoms with Gasteiger partial charge in [-0.05, 0) is 24.3 Å². The number of rotatable bonds is 4. The number of hydrogen-bond acceptors (Lipinski definition) is 9. The lowest BCUT2D eigenvalue weighted by Crippen LogP contribution is -2.11. The van der Waals surface area contributed by atoms with E-state index in [1.54, 1.807) is 12.1 Å². The van der Waals surface area contributed by atoms with Crippen molar-refractivity contribution < 1.29 is 8.42 Å². The van der Waals surface area contributed by atoms with Crippen LogP contribution < -0.4 is 16.6 Å². The van der Waals surface area contributed by atoms with E-state index >= 15 is 0 Å². The van der Waals surface area contributed by atoms with E-state index in [2.05, 4.69) is 26.4 Å². The normalized spacial score (nSPS) is 11.7. The van der Waals surface area contributed by atoms with Gasteiger partial charge in [0.2, 0.25) is 10.0 Å². The van der Waals surface area contributed by atoms with Gasteiger partial charge in [0.25, 0.3) is 0 Å². The van der Waals surface area contributed by atoms with Crippen molar-refractivity contribution in [1.82, 2.24) is 14.6 Å². The van der Waals surface area contributed by atoms with Crippen molar-refractivity contribution in [2.45, 2.75) is 4.90 Å². The molecule has 12 heteroatoms. The summed E-state index contributed by atoms with van der Waals surface area (Å²) in [5, 5.41) is 27.0. The van der Waals surface area contributed by atoms with E-state index < -0.39 is 10.0 Å². The molecule has 0 unspecified atom stereocenters. The molecule has 4 aromatic rings. The molecule has 0 saturated carbocycles. The zero-order valence-electron chi connectivity index (χ0n) is 15.8. The SMILES string of the molecule is N#Cc1c(-c2ccccc2)nc2c(N=Nc3ccc(S(N)(=O)=O)cc3)c(N)nn2c1N. The molecule has 6 N–H and O–H groups in total. The second-order valence-electron chi connectivity index (χ2n) is 6.41. The highest BCUT2D eigenvalue weighted by atomic mass is 32.2. The van der Waals surface area contributed by atoms with Crippen LogP contribution in [0.15, 0.2) is 69.7 Å². The number of anilines is 2.